The number of phenolic OH excluding ortho intramolecular Hbond substituents is 1. The average molecular weight is 320 g/mol. The Balaban J connectivity index is 1.76. The molecular weight excluding hydrogens is 292 g/mol. The zero-order valence-corrected chi connectivity index (χ0v) is 15.2. The van der Waals surface area contributed by atoms with Gasteiger partial charge in [-0.25, -0.2) is 0 Å². The molecule has 5 rings (SSSR count). The fourth-order valence-corrected chi connectivity index (χ4v) is 7.15. The Morgan fingerprint density at radius 3 is 2.71 bits per heavy atom. The molecule has 4 aliphatic rings. The van der Waals surface area contributed by atoms with Gasteiger partial charge >= 0.3 is 0 Å². The Labute approximate surface area is 145 Å². The van der Waals surface area contributed by atoms with Crippen molar-refractivity contribution >= 4 is 6.08 Å². The smallest absolute Gasteiger partial charge is 0.116 e. The molecule has 1 nitrogen and oxygen atoms in total. The molecule has 0 aromatic heterocycles. The van der Waals surface area contributed by atoms with Gasteiger partial charge < -0.3 is 5.11 Å². The second-order valence-corrected chi connectivity index (χ2v) is 9.30. The second-order valence-electron chi connectivity index (χ2n) is 9.30. The van der Waals surface area contributed by atoms with Crippen molar-refractivity contribution in [2.75, 3.05) is 0 Å². The third kappa shape index (κ3) is 1.48. The molecule has 1 N–H and O–H groups in total. The summed E-state index contributed by atoms with van der Waals surface area (Å²) in [7, 11) is 0. The third-order valence-corrected chi connectivity index (χ3v) is 8.51. The minimum absolute atomic E-state index is 0.131. The van der Waals surface area contributed by atoms with Crippen LogP contribution in [0.3, 0.4) is 0 Å². The van der Waals surface area contributed by atoms with E-state index in [-0.39, 0.29) is 5.41 Å². The van der Waals surface area contributed by atoms with E-state index in [9.17, 15) is 5.11 Å². The van der Waals surface area contributed by atoms with E-state index in [2.05, 4.69) is 39.0 Å². The fraction of sp³-hybridized carbons (Fsp3) is 0.565. The number of phenols is 1. The van der Waals surface area contributed by atoms with Gasteiger partial charge in [-0.05, 0) is 84.1 Å². The summed E-state index contributed by atoms with van der Waals surface area (Å²) in [4.78, 5) is 0. The Bertz CT molecular complexity index is 800. The molecular formula is C23H28O. The predicted octanol–water partition coefficient (Wildman–Crippen LogP) is 5.98. The van der Waals surface area contributed by atoms with Gasteiger partial charge in [0, 0.05) is 5.41 Å². The van der Waals surface area contributed by atoms with Crippen molar-refractivity contribution in [2.45, 2.75) is 64.7 Å². The van der Waals surface area contributed by atoms with Crippen molar-refractivity contribution < 1.29 is 5.11 Å². The van der Waals surface area contributed by atoms with E-state index in [4.69, 9.17) is 0 Å². The monoisotopic (exact) mass is 320 g/mol. The minimum atomic E-state index is 0.131. The molecule has 0 heterocycles. The molecule has 1 unspecified atom stereocenters. The molecule has 1 aromatic carbocycles. The van der Waals surface area contributed by atoms with Crippen LogP contribution >= 0.6 is 0 Å². The summed E-state index contributed by atoms with van der Waals surface area (Å²) in [5.74, 6) is 1.20. The zero-order chi connectivity index (χ0) is 16.7. The van der Waals surface area contributed by atoms with Crippen LogP contribution < -0.4 is 0 Å². The van der Waals surface area contributed by atoms with Gasteiger partial charge in [-0.2, -0.15) is 0 Å². The Kier molecular flexibility index (Phi) is 2.69. The van der Waals surface area contributed by atoms with Crippen LogP contribution in [0.2, 0.25) is 0 Å². The molecule has 0 bridgehead atoms. The highest BCUT2D eigenvalue weighted by atomic mass is 16.3. The van der Waals surface area contributed by atoms with Gasteiger partial charge in [0.1, 0.15) is 5.75 Å². The molecule has 0 amide bonds. The van der Waals surface area contributed by atoms with Gasteiger partial charge in [0.25, 0.3) is 0 Å². The van der Waals surface area contributed by atoms with E-state index in [1.807, 2.05) is 12.1 Å². The number of benzene rings is 1. The minimum Gasteiger partial charge on any atom is -0.508 e. The Morgan fingerprint density at radius 2 is 1.88 bits per heavy atom. The van der Waals surface area contributed by atoms with Crippen LogP contribution in [0, 0.1) is 16.7 Å². The van der Waals surface area contributed by atoms with Crippen molar-refractivity contribution in [1.82, 2.24) is 0 Å². The SMILES string of the molecule is CC1CC[C@]2(C)CCC3=C4C=Cc5cc(O)ccc5[C@@]4(C)CC[C@@]312. The number of aromatic hydroxyl groups is 1. The molecule has 1 aromatic rings. The van der Waals surface area contributed by atoms with Crippen molar-refractivity contribution in [2.24, 2.45) is 16.7 Å². The number of fused-ring (bicyclic) bond motifs is 3. The number of hydrogen-bond acceptors (Lipinski definition) is 1. The molecule has 0 saturated heterocycles. The lowest BCUT2D eigenvalue weighted by Gasteiger charge is -2.52. The van der Waals surface area contributed by atoms with Gasteiger partial charge in [0.2, 0.25) is 0 Å². The lowest BCUT2D eigenvalue weighted by Crippen LogP contribution is -2.43. The van der Waals surface area contributed by atoms with E-state index in [0.717, 1.165) is 5.92 Å². The maximum Gasteiger partial charge on any atom is 0.116 e. The summed E-state index contributed by atoms with van der Waals surface area (Å²) in [6.07, 6.45) is 12.7. The first-order valence-corrected chi connectivity index (χ1v) is 9.66. The van der Waals surface area contributed by atoms with Crippen LogP contribution in [0.1, 0.15) is 70.4 Å². The third-order valence-electron chi connectivity index (χ3n) is 8.51. The normalized spacial score (nSPS) is 42.5. The van der Waals surface area contributed by atoms with Crippen LogP contribution in [-0.2, 0) is 5.41 Å². The molecule has 1 heteroatoms. The summed E-state index contributed by atoms with van der Waals surface area (Å²) in [5, 5.41) is 9.86. The molecule has 2 fully saturated rings. The fourth-order valence-electron chi connectivity index (χ4n) is 7.15. The standard InChI is InChI=1S/C23H28O/c1-15-8-10-21(2)11-9-20-19-6-4-16-14-17(24)5-7-18(16)22(19,3)12-13-23(15,20)21/h4-7,14-15,24H,8-13H2,1-3H3/t15?,21-,22-,23+/m1/s1. The van der Waals surface area contributed by atoms with Gasteiger partial charge in [-0.3, -0.25) is 0 Å². The molecule has 126 valence electrons. The highest BCUT2D eigenvalue weighted by Gasteiger charge is 2.63. The zero-order valence-electron chi connectivity index (χ0n) is 15.2. The molecule has 0 aliphatic heterocycles. The van der Waals surface area contributed by atoms with E-state index in [0.29, 0.717) is 16.6 Å². The molecule has 0 radical (unpaired) electrons. The highest BCUT2D eigenvalue weighted by Crippen LogP contribution is 2.73. The summed E-state index contributed by atoms with van der Waals surface area (Å²) < 4.78 is 0. The predicted molar refractivity (Wildman–Crippen MR) is 98.9 cm³/mol. The van der Waals surface area contributed by atoms with Gasteiger partial charge in [-0.1, -0.05) is 44.6 Å². The first-order chi connectivity index (χ1) is 11.4. The highest BCUT2D eigenvalue weighted by molar-refractivity contribution is 5.69. The van der Waals surface area contributed by atoms with Gasteiger partial charge in [-0.15, -0.1) is 0 Å². The first kappa shape index (κ1) is 14.8. The van der Waals surface area contributed by atoms with Crippen molar-refractivity contribution in [3.05, 3.63) is 46.5 Å². The van der Waals surface area contributed by atoms with Crippen molar-refractivity contribution in [3.63, 3.8) is 0 Å². The lowest BCUT2D eigenvalue weighted by molar-refractivity contribution is 0.0935. The maximum atomic E-state index is 9.86. The summed E-state index contributed by atoms with van der Waals surface area (Å²) in [5.41, 5.74) is 7.15. The lowest BCUT2D eigenvalue weighted by atomic mass is 9.52. The quantitative estimate of drug-likeness (QED) is 0.623. The average Bonchev–Trinajstić information content (AvgIpc) is 2.98. The molecule has 1 spiro atoms. The molecule has 24 heavy (non-hydrogen) atoms. The largest absolute Gasteiger partial charge is 0.508 e. The first-order valence-electron chi connectivity index (χ1n) is 9.66. The van der Waals surface area contributed by atoms with Crippen molar-refractivity contribution in [3.8, 4) is 5.75 Å². The Hall–Kier alpha value is -1.50. The van der Waals surface area contributed by atoms with E-state index in [1.165, 1.54) is 49.7 Å². The number of hydrogen-bond donors (Lipinski definition) is 1. The summed E-state index contributed by atoms with van der Waals surface area (Å²) in [6.45, 7) is 7.53. The molecule has 4 atom stereocenters. The van der Waals surface area contributed by atoms with Gasteiger partial charge in [0.15, 0.2) is 0 Å². The second kappa shape index (κ2) is 4.36. The number of allylic oxidation sites excluding steroid dienone is 3. The topological polar surface area (TPSA) is 20.2 Å². The van der Waals surface area contributed by atoms with Crippen LogP contribution in [-0.4, -0.2) is 5.11 Å². The summed E-state index contributed by atoms with van der Waals surface area (Å²) in [6, 6.07) is 5.96. The van der Waals surface area contributed by atoms with Crippen LogP contribution in [0.25, 0.3) is 6.08 Å². The van der Waals surface area contributed by atoms with Crippen molar-refractivity contribution in [1.29, 1.82) is 0 Å². The molecule has 4 aliphatic carbocycles. The van der Waals surface area contributed by atoms with Crippen LogP contribution in [0.4, 0.5) is 0 Å². The van der Waals surface area contributed by atoms with Crippen LogP contribution in [0.5, 0.6) is 5.75 Å². The van der Waals surface area contributed by atoms with Crippen LogP contribution in [0.15, 0.2) is 35.4 Å². The molecule has 2 saturated carbocycles. The van der Waals surface area contributed by atoms with E-state index in [1.54, 1.807) is 11.1 Å². The maximum absolute atomic E-state index is 9.86. The van der Waals surface area contributed by atoms with E-state index < -0.39 is 0 Å². The van der Waals surface area contributed by atoms with Gasteiger partial charge in [0.05, 0.1) is 0 Å². The Morgan fingerprint density at radius 1 is 1.04 bits per heavy atom. The van der Waals surface area contributed by atoms with E-state index >= 15 is 0 Å². The number of rotatable bonds is 0. The summed E-state index contributed by atoms with van der Waals surface area (Å²) >= 11 is 0.